The Bertz CT molecular complexity index is 385. The minimum atomic E-state index is -1.81. The quantitative estimate of drug-likeness (QED) is 0.593. The third kappa shape index (κ3) is 5.46. The van der Waals surface area contributed by atoms with Crippen LogP contribution in [-0.2, 0) is 13.9 Å². The molecule has 0 aromatic heterocycles. The third-order valence-corrected chi connectivity index (χ3v) is 9.08. The second-order valence-corrected chi connectivity index (χ2v) is 12.9. The summed E-state index contributed by atoms with van der Waals surface area (Å²) in [6.45, 7) is 17.4. The summed E-state index contributed by atoms with van der Waals surface area (Å²) in [7, 11) is -1.81. The summed E-state index contributed by atoms with van der Waals surface area (Å²) in [5, 5.41) is 9.87. The number of ether oxygens (including phenoxy) is 2. The molecule has 1 aliphatic heterocycles. The fourth-order valence-electron chi connectivity index (χ4n) is 2.04. The van der Waals surface area contributed by atoms with Gasteiger partial charge in [-0.25, -0.2) is 0 Å². The van der Waals surface area contributed by atoms with Gasteiger partial charge in [0.05, 0.1) is 12.7 Å². The molecule has 1 N–H and O–H groups in total. The molecule has 0 bridgehead atoms. The van der Waals surface area contributed by atoms with E-state index in [0.29, 0.717) is 13.0 Å². The molecular formula is C17H34O4Si. The molecular weight excluding hydrogens is 296 g/mol. The molecule has 0 aromatic carbocycles. The summed E-state index contributed by atoms with van der Waals surface area (Å²) in [4.78, 5) is 0. The molecule has 0 saturated carbocycles. The van der Waals surface area contributed by atoms with E-state index in [-0.39, 0.29) is 17.2 Å². The van der Waals surface area contributed by atoms with Crippen LogP contribution in [0.2, 0.25) is 18.1 Å². The van der Waals surface area contributed by atoms with Crippen LogP contribution < -0.4 is 0 Å². The lowest BCUT2D eigenvalue weighted by Crippen LogP contribution is -2.43. The molecule has 4 nitrogen and oxygen atoms in total. The molecule has 130 valence electrons. The molecule has 1 heterocycles. The van der Waals surface area contributed by atoms with Crippen LogP contribution in [0, 0.1) is 0 Å². The maximum atomic E-state index is 9.69. The third-order valence-electron chi connectivity index (χ3n) is 4.58. The van der Waals surface area contributed by atoms with E-state index in [1.54, 1.807) is 6.08 Å². The van der Waals surface area contributed by atoms with Crippen LogP contribution in [0.15, 0.2) is 12.2 Å². The maximum Gasteiger partial charge on any atom is 0.192 e. The van der Waals surface area contributed by atoms with E-state index in [1.165, 1.54) is 0 Å². The van der Waals surface area contributed by atoms with Crippen LogP contribution in [0.25, 0.3) is 0 Å². The molecule has 0 amide bonds. The number of hydrogen-bond donors (Lipinski definition) is 1. The van der Waals surface area contributed by atoms with Gasteiger partial charge >= 0.3 is 0 Å². The van der Waals surface area contributed by atoms with E-state index in [4.69, 9.17) is 13.9 Å². The molecule has 22 heavy (non-hydrogen) atoms. The topological polar surface area (TPSA) is 47.9 Å². The van der Waals surface area contributed by atoms with Crippen molar-refractivity contribution < 1.29 is 19.0 Å². The first-order valence-corrected chi connectivity index (χ1v) is 11.1. The van der Waals surface area contributed by atoms with Crippen molar-refractivity contribution in [1.82, 2.24) is 0 Å². The van der Waals surface area contributed by atoms with Crippen molar-refractivity contribution in [2.75, 3.05) is 6.61 Å². The van der Waals surface area contributed by atoms with Gasteiger partial charge in [0.1, 0.15) is 12.2 Å². The van der Waals surface area contributed by atoms with Crippen LogP contribution in [0.4, 0.5) is 0 Å². The van der Waals surface area contributed by atoms with E-state index >= 15 is 0 Å². The Labute approximate surface area is 137 Å². The van der Waals surface area contributed by atoms with E-state index in [0.717, 1.165) is 0 Å². The zero-order valence-corrected chi connectivity index (χ0v) is 16.5. The van der Waals surface area contributed by atoms with Crippen molar-refractivity contribution >= 4 is 8.32 Å². The fraction of sp³-hybridized carbons (Fsp3) is 0.882. The average molecular weight is 331 g/mol. The predicted octanol–water partition coefficient (Wildman–Crippen LogP) is 3.86. The Morgan fingerprint density at radius 1 is 1.27 bits per heavy atom. The number of aliphatic hydroxyl groups is 1. The van der Waals surface area contributed by atoms with Crippen molar-refractivity contribution in [3.8, 4) is 0 Å². The van der Waals surface area contributed by atoms with Crippen molar-refractivity contribution in [1.29, 1.82) is 0 Å². The minimum Gasteiger partial charge on any atom is -0.414 e. The highest BCUT2D eigenvalue weighted by molar-refractivity contribution is 6.74. The summed E-state index contributed by atoms with van der Waals surface area (Å²) in [5.41, 5.74) is 0. The van der Waals surface area contributed by atoms with Crippen LogP contribution in [0.1, 0.15) is 48.0 Å². The molecule has 0 radical (unpaired) electrons. The van der Waals surface area contributed by atoms with Gasteiger partial charge in [-0.3, -0.25) is 0 Å². The van der Waals surface area contributed by atoms with Gasteiger partial charge in [0.25, 0.3) is 0 Å². The fourth-order valence-corrected chi connectivity index (χ4v) is 3.05. The molecule has 1 saturated heterocycles. The second-order valence-electron chi connectivity index (χ2n) is 8.07. The van der Waals surface area contributed by atoms with E-state index < -0.39 is 20.2 Å². The molecule has 1 fully saturated rings. The van der Waals surface area contributed by atoms with Gasteiger partial charge in [0, 0.05) is 0 Å². The van der Waals surface area contributed by atoms with Gasteiger partial charge in [0.15, 0.2) is 14.1 Å². The number of aliphatic hydroxyl groups excluding tert-OH is 1. The SMILES string of the molecule is CC[C@@H](O)/C=C/[C@@H]1OC(C)(C)O[C@H]1CO[Si](C)(C)C(C)(C)C. The van der Waals surface area contributed by atoms with Gasteiger partial charge < -0.3 is 19.0 Å². The molecule has 5 heteroatoms. The normalized spacial score (nSPS) is 27.5. The van der Waals surface area contributed by atoms with Crippen LogP contribution >= 0.6 is 0 Å². The lowest BCUT2D eigenvalue weighted by molar-refractivity contribution is -0.145. The highest BCUT2D eigenvalue weighted by Crippen LogP contribution is 2.37. The number of hydrogen-bond acceptors (Lipinski definition) is 4. The first-order chi connectivity index (χ1) is 9.88. The highest BCUT2D eigenvalue weighted by atomic mass is 28.4. The van der Waals surface area contributed by atoms with E-state index in [1.807, 2.05) is 26.8 Å². The van der Waals surface area contributed by atoms with Gasteiger partial charge in [-0.1, -0.05) is 39.8 Å². The zero-order chi connectivity index (χ0) is 17.2. The molecule has 3 atom stereocenters. The average Bonchev–Trinajstić information content (AvgIpc) is 2.67. The van der Waals surface area contributed by atoms with Gasteiger partial charge in [-0.05, 0) is 38.4 Å². The molecule has 0 aromatic rings. The first kappa shape index (κ1) is 19.8. The lowest BCUT2D eigenvalue weighted by Gasteiger charge is -2.37. The largest absolute Gasteiger partial charge is 0.414 e. The maximum absolute atomic E-state index is 9.69. The Balaban J connectivity index is 2.72. The Morgan fingerprint density at radius 3 is 2.36 bits per heavy atom. The Morgan fingerprint density at radius 2 is 1.86 bits per heavy atom. The van der Waals surface area contributed by atoms with E-state index in [9.17, 15) is 5.11 Å². The van der Waals surface area contributed by atoms with Crippen molar-refractivity contribution in [2.24, 2.45) is 0 Å². The van der Waals surface area contributed by atoms with Crippen LogP contribution in [0.3, 0.4) is 0 Å². The Hall–Kier alpha value is -0.203. The summed E-state index contributed by atoms with van der Waals surface area (Å²) in [5.74, 6) is -0.617. The van der Waals surface area contributed by atoms with Crippen LogP contribution in [-0.4, -0.2) is 44.1 Å². The number of rotatable bonds is 6. The molecule has 0 unspecified atom stereocenters. The van der Waals surface area contributed by atoms with Crippen molar-refractivity contribution in [3.63, 3.8) is 0 Å². The molecule has 0 spiro atoms. The van der Waals surface area contributed by atoms with Gasteiger partial charge in [-0.2, -0.15) is 0 Å². The monoisotopic (exact) mass is 330 g/mol. The van der Waals surface area contributed by atoms with Crippen LogP contribution in [0.5, 0.6) is 0 Å². The lowest BCUT2D eigenvalue weighted by atomic mass is 10.1. The van der Waals surface area contributed by atoms with Crippen molar-refractivity contribution in [2.45, 2.75) is 90.2 Å². The van der Waals surface area contributed by atoms with E-state index in [2.05, 4.69) is 33.9 Å². The minimum absolute atomic E-state index is 0.135. The predicted molar refractivity (Wildman–Crippen MR) is 92.4 cm³/mol. The second kappa shape index (κ2) is 7.14. The first-order valence-electron chi connectivity index (χ1n) is 8.24. The highest BCUT2D eigenvalue weighted by Gasteiger charge is 2.43. The zero-order valence-electron chi connectivity index (χ0n) is 15.5. The summed E-state index contributed by atoms with van der Waals surface area (Å²) in [6.07, 6.45) is 3.63. The molecule has 0 aliphatic carbocycles. The summed E-state index contributed by atoms with van der Waals surface area (Å²) >= 11 is 0. The van der Waals surface area contributed by atoms with Gasteiger partial charge in [-0.15, -0.1) is 0 Å². The van der Waals surface area contributed by atoms with Gasteiger partial charge in [0.2, 0.25) is 0 Å². The van der Waals surface area contributed by atoms with Crippen molar-refractivity contribution in [3.05, 3.63) is 12.2 Å². The molecule has 1 rings (SSSR count). The summed E-state index contributed by atoms with van der Waals surface area (Å²) < 4.78 is 18.2. The summed E-state index contributed by atoms with van der Waals surface area (Å²) in [6, 6.07) is 0. The standard InChI is InChI=1S/C17H34O4Si/c1-9-13(18)10-11-14-15(21-17(5,6)20-14)12-19-22(7,8)16(2,3)4/h10-11,13-15,18H,9,12H2,1-8H3/b11-10+/t13-,14+,15+/m1/s1. The molecule has 1 aliphatic rings. The smallest absolute Gasteiger partial charge is 0.192 e. The Kier molecular flexibility index (Phi) is 6.44.